The quantitative estimate of drug-likeness (QED) is 0.709. The van der Waals surface area contributed by atoms with E-state index in [4.69, 9.17) is 0 Å². The van der Waals surface area contributed by atoms with Crippen molar-refractivity contribution in [3.63, 3.8) is 0 Å². The van der Waals surface area contributed by atoms with Crippen LogP contribution in [0.5, 0.6) is 0 Å². The Morgan fingerprint density at radius 3 is 2.14 bits per heavy atom. The van der Waals surface area contributed by atoms with Gasteiger partial charge >= 0.3 is 0 Å². The minimum Gasteiger partial charge on any atom is -0.354 e. The number of benzene rings is 2. The summed E-state index contributed by atoms with van der Waals surface area (Å²) < 4.78 is 0. The molecule has 0 aliphatic rings. The number of carbonyl (C=O) groups is 2. The van der Waals surface area contributed by atoms with Crippen molar-refractivity contribution < 1.29 is 9.59 Å². The van der Waals surface area contributed by atoms with Crippen molar-refractivity contribution in [3.05, 3.63) is 70.8 Å². The molecule has 0 aliphatic heterocycles. The summed E-state index contributed by atoms with van der Waals surface area (Å²) in [4.78, 5) is 27.7. The van der Waals surface area contributed by atoms with Crippen LogP contribution >= 0.6 is 0 Å². The predicted molar refractivity (Wildman–Crippen MR) is 114 cm³/mol. The Morgan fingerprint density at radius 2 is 1.57 bits per heavy atom. The van der Waals surface area contributed by atoms with Gasteiger partial charge in [0, 0.05) is 13.1 Å². The van der Waals surface area contributed by atoms with E-state index in [2.05, 4.69) is 11.4 Å². The third kappa shape index (κ3) is 6.22. The summed E-state index contributed by atoms with van der Waals surface area (Å²) >= 11 is 0. The first-order chi connectivity index (χ1) is 13.4. The molecule has 4 heteroatoms. The molecule has 0 radical (unpaired) electrons. The van der Waals surface area contributed by atoms with E-state index in [0.717, 1.165) is 28.7 Å². The van der Waals surface area contributed by atoms with Crippen molar-refractivity contribution in [2.24, 2.45) is 0 Å². The van der Waals surface area contributed by atoms with Gasteiger partial charge in [0.05, 0.1) is 6.42 Å². The van der Waals surface area contributed by atoms with Crippen molar-refractivity contribution in [2.75, 3.05) is 6.54 Å². The molecule has 0 bridgehead atoms. The standard InChI is InChI=1S/C24H32N2O2/c1-5-13-25-24(28)22(6-2)26(17-21-12-8-10-19(4)15-21)23(27)16-20-11-7-9-18(3)14-20/h7-12,14-15,22H,5-6,13,16-17H2,1-4H3,(H,25,28). The zero-order chi connectivity index (χ0) is 20.5. The maximum absolute atomic E-state index is 13.2. The largest absolute Gasteiger partial charge is 0.354 e. The number of nitrogens with one attached hydrogen (secondary N) is 1. The van der Waals surface area contributed by atoms with Crippen molar-refractivity contribution in [2.45, 2.75) is 59.5 Å². The van der Waals surface area contributed by atoms with Gasteiger partial charge < -0.3 is 10.2 Å². The van der Waals surface area contributed by atoms with Crippen LogP contribution in [0.2, 0.25) is 0 Å². The lowest BCUT2D eigenvalue weighted by Crippen LogP contribution is -2.49. The molecular formula is C24H32N2O2. The van der Waals surface area contributed by atoms with Crippen molar-refractivity contribution in [1.29, 1.82) is 0 Å². The molecule has 0 aromatic heterocycles. The highest BCUT2D eigenvalue weighted by molar-refractivity contribution is 5.88. The van der Waals surface area contributed by atoms with Crippen LogP contribution in [0.1, 0.15) is 48.9 Å². The van der Waals surface area contributed by atoms with E-state index < -0.39 is 6.04 Å². The van der Waals surface area contributed by atoms with Gasteiger partial charge in [-0.25, -0.2) is 0 Å². The summed E-state index contributed by atoms with van der Waals surface area (Å²) in [6.45, 7) is 9.09. The maximum Gasteiger partial charge on any atom is 0.242 e. The van der Waals surface area contributed by atoms with Gasteiger partial charge in [-0.1, -0.05) is 73.5 Å². The van der Waals surface area contributed by atoms with E-state index in [1.54, 1.807) is 4.90 Å². The Kier molecular flexibility index (Phi) is 8.24. The number of amides is 2. The van der Waals surface area contributed by atoms with Gasteiger partial charge in [0.25, 0.3) is 0 Å². The SMILES string of the molecule is CCCNC(=O)C(CC)N(Cc1cccc(C)c1)C(=O)Cc1cccc(C)c1. The third-order valence-electron chi connectivity index (χ3n) is 4.81. The van der Waals surface area contributed by atoms with E-state index in [1.807, 2.05) is 70.2 Å². The summed E-state index contributed by atoms with van der Waals surface area (Å²) in [7, 11) is 0. The van der Waals surface area contributed by atoms with Crippen LogP contribution in [0.3, 0.4) is 0 Å². The zero-order valence-electron chi connectivity index (χ0n) is 17.5. The first-order valence-corrected chi connectivity index (χ1v) is 10.1. The van der Waals surface area contributed by atoms with Gasteiger partial charge in [-0.3, -0.25) is 9.59 Å². The van der Waals surface area contributed by atoms with Gasteiger partial charge in [0.15, 0.2) is 0 Å². The molecule has 2 rings (SSSR count). The molecule has 0 saturated carbocycles. The summed E-state index contributed by atoms with van der Waals surface area (Å²) in [5.41, 5.74) is 4.29. The molecular weight excluding hydrogens is 348 g/mol. The Balaban J connectivity index is 2.27. The lowest BCUT2D eigenvalue weighted by Gasteiger charge is -2.31. The maximum atomic E-state index is 13.2. The molecule has 1 N–H and O–H groups in total. The number of carbonyl (C=O) groups excluding carboxylic acids is 2. The number of nitrogens with zero attached hydrogens (tertiary/aromatic N) is 1. The van der Waals surface area contributed by atoms with Crippen LogP contribution in [0.4, 0.5) is 0 Å². The average Bonchev–Trinajstić information content (AvgIpc) is 2.66. The molecule has 4 nitrogen and oxygen atoms in total. The monoisotopic (exact) mass is 380 g/mol. The van der Waals surface area contributed by atoms with Crippen molar-refractivity contribution >= 4 is 11.8 Å². The second kappa shape index (κ2) is 10.6. The Hall–Kier alpha value is -2.62. The lowest BCUT2D eigenvalue weighted by atomic mass is 10.0. The molecule has 28 heavy (non-hydrogen) atoms. The molecule has 2 aromatic carbocycles. The van der Waals surface area contributed by atoms with E-state index in [-0.39, 0.29) is 11.8 Å². The highest BCUT2D eigenvalue weighted by Crippen LogP contribution is 2.16. The fourth-order valence-electron chi connectivity index (χ4n) is 3.39. The topological polar surface area (TPSA) is 49.4 Å². The molecule has 0 spiro atoms. The van der Waals surface area contributed by atoms with Gasteiger partial charge in [-0.15, -0.1) is 0 Å². The molecule has 2 amide bonds. The number of rotatable bonds is 9. The summed E-state index contributed by atoms with van der Waals surface area (Å²) in [5.74, 6) is -0.0970. The second-order valence-corrected chi connectivity index (χ2v) is 7.39. The van der Waals surface area contributed by atoms with Crippen LogP contribution in [0.15, 0.2) is 48.5 Å². The zero-order valence-corrected chi connectivity index (χ0v) is 17.5. The number of hydrogen-bond donors (Lipinski definition) is 1. The molecule has 0 heterocycles. The number of hydrogen-bond acceptors (Lipinski definition) is 2. The molecule has 1 unspecified atom stereocenters. The van der Waals surface area contributed by atoms with Crippen LogP contribution in [-0.4, -0.2) is 29.3 Å². The van der Waals surface area contributed by atoms with Gasteiger partial charge in [0.2, 0.25) is 11.8 Å². The van der Waals surface area contributed by atoms with E-state index >= 15 is 0 Å². The van der Waals surface area contributed by atoms with Gasteiger partial charge in [-0.05, 0) is 37.8 Å². The smallest absolute Gasteiger partial charge is 0.242 e. The van der Waals surface area contributed by atoms with E-state index in [1.165, 1.54) is 0 Å². The summed E-state index contributed by atoms with van der Waals surface area (Å²) in [5, 5.41) is 2.96. The molecule has 2 aromatic rings. The van der Waals surface area contributed by atoms with E-state index in [9.17, 15) is 9.59 Å². The third-order valence-corrected chi connectivity index (χ3v) is 4.81. The average molecular weight is 381 g/mol. The van der Waals surface area contributed by atoms with E-state index in [0.29, 0.717) is 25.9 Å². The predicted octanol–water partition coefficient (Wildman–Crippen LogP) is 4.18. The minimum atomic E-state index is -0.468. The Morgan fingerprint density at radius 1 is 0.964 bits per heavy atom. The van der Waals surface area contributed by atoms with Crippen LogP contribution in [0, 0.1) is 13.8 Å². The van der Waals surface area contributed by atoms with Gasteiger partial charge in [0.1, 0.15) is 6.04 Å². The molecule has 150 valence electrons. The Bertz CT molecular complexity index is 801. The van der Waals surface area contributed by atoms with Crippen molar-refractivity contribution in [3.8, 4) is 0 Å². The molecule has 0 fully saturated rings. The van der Waals surface area contributed by atoms with Crippen molar-refractivity contribution in [1.82, 2.24) is 10.2 Å². The molecule has 1 atom stereocenters. The number of aryl methyl sites for hydroxylation is 2. The summed E-state index contributed by atoms with van der Waals surface area (Å²) in [6, 6.07) is 15.6. The normalized spacial score (nSPS) is 11.7. The highest BCUT2D eigenvalue weighted by Gasteiger charge is 2.28. The fourth-order valence-corrected chi connectivity index (χ4v) is 3.39. The molecule has 0 saturated heterocycles. The lowest BCUT2D eigenvalue weighted by molar-refractivity contribution is -0.140. The van der Waals surface area contributed by atoms with Crippen LogP contribution in [-0.2, 0) is 22.6 Å². The van der Waals surface area contributed by atoms with Gasteiger partial charge in [-0.2, -0.15) is 0 Å². The Labute approximate surface area is 169 Å². The van der Waals surface area contributed by atoms with Crippen LogP contribution < -0.4 is 5.32 Å². The first-order valence-electron chi connectivity index (χ1n) is 10.1. The first kappa shape index (κ1) is 21.7. The molecule has 0 aliphatic carbocycles. The van der Waals surface area contributed by atoms with Crippen LogP contribution in [0.25, 0.3) is 0 Å². The second-order valence-electron chi connectivity index (χ2n) is 7.39. The summed E-state index contributed by atoms with van der Waals surface area (Å²) in [6.07, 6.45) is 1.75. The fraction of sp³-hybridized carbons (Fsp3) is 0.417. The minimum absolute atomic E-state index is 0.0226. The highest BCUT2D eigenvalue weighted by atomic mass is 16.2.